The third-order valence-electron chi connectivity index (χ3n) is 2.88. The predicted octanol–water partition coefficient (Wildman–Crippen LogP) is 0.586. The molecule has 66 valence electrons. The Morgan fingerprint density at radius 3 is 2.50 bits per heavy atom. The van der Waals surface area contributed by atoms with Crippen molar-refractivity contribution in [3.63, 3.8) is 0 Å². The van der Waals surface area contributed by atoms with Crippen LogP contribution >= 0.6 is 0 Å². The van der Waals surface area contributed by atoms with E-state index in [1.54, 1.807) is 4.90 Å². The third kappa shape index (κ3) is 1.13. The van der Waals surface area contributed by atoms with E-state index < -0.39 is 0 Å². The van der Waals surface area contributed by atoms with Gasteiger partial charge in [0.1, 0.15) is 0 Å². The average Bonchev–Trinajstić information content (AvgIpc) is 2.82. The second kappa shape index (κ2) is 2.57. The predicted molar refractivity (Wildman–Crippen MR) is 43.5 cm³/mol. The lowest BCUT2D eigenvalue weighted by molar-refractivity contribution is -0.141. The minimum atomic E-state index is -0.255. The molecule has 12 heavy (non-hydrogen) atoms. The summed E-state index contributed by atoms with van der Waals surface area (Å²) in [7, 11) is 0. The second-order valence-electron chi connectivity index (χ2n) is 3.75. The van der Waals surface area contributed by atoms with Crippen LogP contribution in [0, 0.1) is 5.92 Å². The molecule has 0 bridgehead atoms. The third-order valence-corrected chi connectivity index (χ3v) is 2.88. The molecule has 1 aliphatic carbocycles. The summed E-state index contributed by atoms with van der Waals surface area (Å²) >= 11 is 0. The molecule has 2 fully saturated rings. The van der Waals surface area contributed by atoms with Gasteiger partial charge < -0.3 is 4.90 Å². The summed E-state index contributed by atoms with van der Waals surface area (Å²) < 4.78 is 0. The highest BCUT2D eigenvalue weighted by Crippen LogP contribution is 2.36. The smallest absolute Gasteiger partial charge is 0.290 e. The first kappa shape index (κ1) is 7.77. The molecular weight excluding hydrogens is 154 g/mol. The number of likely N-dealkylation sites (tertiary alicyclic amines) is 1. The van der Waals surface area contributed by atoms with E-state index in [4.69, 9.17) is 0 Å². The molecule has 0 aromatic rings. The maximum absolute atomic E-state index is 11.3. The lowest BCUT2D eigenvalue weighted by Gasteiger charge is -2.22. The Morgan fingerprint density at radius 2 is 2.08 bits per heavy atom. The number of hydrogen-bond acceptors (Lipinski definition) is 2. The number of carbonyl (C=O) groups is 2. The molecule has 1 heterocycles. The summed E-state index contributed by atoms with van der Waals surface area (Å²) in [5.74, 6) is 0.205. The van der Waals surface area contributed by atoms with E-state index in [0.29, 0.717) is 24.9 Å². The van der Waals surface area contributed by atoms with Gasteiger partial charge in [-0.25, -0.2) is 0 Å². The van der Waals surface area contributed by atoms with Crippen molar-refractivity contribution in [2.24, 2.45) is 5.92 Å². The van der Waals surface area contributed by atoms with Gasteiger partial charge in [0, 0.05) is 19.0 Å². The van der Waals surface area contributed by atoms with Gasteiger partial charge in [-0.1, -0.05) is 0 Å². The standard InChI is InChI=1S/C9H13NO2/c1-6(7-2-3-7)10-5-4-8(11)9(10)12/h6-7H,2-5H2,1H3. The summed E-state index contributed by atoms with van der Waals surface area (Å²) in [6.45, 7) is 2.70. The Balaban J connectivity index is 2.03. The lowest BCUT2D eigenvalue weighted by Crippen LogP contribution is -2.37. The number of hydrogen-bond donors (Lipinski definition) is 0. The van der Waals surface area contributed by atoms with Crippen LogP contribution in [-0.4, -0.2) is 29.2 Å². The van der Waals surface area contributed by atoms with Gasteiger partial charge in [-0.2, -0.15) is 0 Å². The van der Waals surface area contributed by atoms with Crippen LogP contribution < -0.4 is 0 Å². The average molecular weight is 167 g/mol. The Kier molecular flexibility index (Phi) is 1.67. The molecule has 0 spiro atoms. The van der Waals surface area contributed by atoms with Crippen LogP contribution in [0.1, 0.15) is 26.2 Å². The Morgan fingerprint density at radius 1 is 1.42 bits per heavy atom. The van der Waals surface area contributed by atoms with Gasteiger partial charge in [0.15, 0.2) is 0 Å². The normalized spacial score (nSPS) is 26.6. The summed E-state index contributed by atoms with van der Waals surface area (Å²) in [5, 5.41) is 0. The van der Waals surface area contributed by atoms with Gasteiger partial charge in [0.2, 0.25) is 5.78 Å². The zero-order chi connectivity index (χ0) is 8.72. The van der Waals surface area contributed by atoms with Gasteiger partial charge in [0.25, 0.3) is 5.91 Å². The largest absolute Gasteiger partial charge is 0.333 e. The van der Waals surface area contributed by atoms with Crippen LogP contribution in [0.4, 0.5) is 0 Å². The van der Waals surface area contributed by atoms with E-state index in [9.17, 15) is 9.59 Å². The van der Waals surface area contributed by atoms with Crippen molar-refractivity contribution >= 4 is 11.7 Å². The number of carbonyl (C=O) groups excluding carboxylic acids is 2. The van der Waals surface area contributed by atoms with Gasteiger partial charge in [-0.15, -0.1) is 0 Å². The van der Waals surface area contributed by atoms with Crippen LogP contribution in [-0.2, 0) is 9.59 Å². The van der Waals surface area contributed by atoms with E-state index in [1.807, 2.05) is 6.92 Å². The van der Waals surface area contributed by atoms with E-state index in [1.165, 1.54) is 12.8 Å². The van der Waals surface area contributed by atoms with Crippen LogP contribution in [0.2, 0.25) is 0 Å². The first-order chi connectivity index (χ1) is 5.70. The Labute approximate surface area is 71.7 Å². The van der Waals surface area contributed by atoms with Crippen molar-refractivity contribution in [1.82, 2.24) is 4.90 Å². The van der Waals surface area contributed by atoms with Gasteiger partial charge in [-0.3, -0.25) is 9.59 Å². The van der Waals surface area contributed by atoms with Crippen LogP contribution in [0.3, 0.4) is 0 Å². The molecular formula is C9H13NO2. The molecule has 2 rings (SSSR count). The van der Waals surface area contributed by atoms with Crippen molar-refractivity contribution < 1.29 is 9.59 Å². The first-order valence-corrected chi connectivity index (χ1v) is 4.54. The summed E-state index contributed by atoms with van der Waals surface area (Å²) in [6, 6.07) is 0.295. The quantitative estimate of drug-likeness (QED) is 0.564. The maximum atomic E-state index is 11.3. The number of ketones is 1. The highest BCUT2D eigenvalue weighted by Gasteiger charge is 2.39. The molecule has 1 saturated carbocycles. The Bertz CT molecular complexity index is 233. The monoisotopic (exact) mass is 167 g/mol. The molecule has 1 atom stereocenters. The van der Waals surface area contributed by atoms with Gasteiger partial charge in [-0.05, 0) is 25.7 Å². The number of rotatable bonds is 2. The summed E-state index contributed by atoms with van der Waals surface area (Å²) in [5.41, 5.74) is 0. The molecule has 0 aromatic heterocycles. The maximum Gasteiger partial charge on any atom is 0.290 e. The first-order valence-electron chi connectivity index (χ1n) is 4.54. The lowest BCUT2D eigenvalue weighted by atomic mass is 10.2. The number of amides is 1. The van der Waals surface area contributed by atoms with Crippen molar-refractivity contribution in [2.45, 2.75) is 32.2 Å². The highest BCUT2D eigenvalue weighted by molar-refractivity contribution is 6.37. The minimum absolute atomic E-state index is 0.206. The zero-order valence-electron chi connectivity index (χ0n) is 7.25. The molecule has 1 unspecified atom stereocenters. The minimum Gasteiger partial charge on any atom is -0.333 e. The molecule has 1 saturated heterocycles. The Hall–Kier alpha value is -0.860. The van der Waals surface area contributed by atoms with E-state index in [0.717, 1.165) is 0 Å². The van der Waals surface area contributed by atoms with Crippen LogP contribution in [0.15, 0.2) is 0 Å². The molecule has 1 aliphatic heterocycles. The SMILES string of the molecule is CC(C1CC1)N1CCC(=O)C1=O. The van der Waals surface area contributed by atoms with Crippen LogP contribution in [0.25, 0.3) is 0 Å². The van der Waals surface area contributed by atoms with Crippen molar-refractivity contribution in [3.8, 4) is 0 Å². The van der Waals surface area contributed by atoms with E-state index in [-0.39, 0.29) is 11.7 Å². The molecule has 3 heteroatoms. The molecule has 3 nitrogen and oxygen atoms in total. The molecule has 2 aliphatic rings. The summed E-state index contributed by atoms with van der Waals surface area (Å²) in [4.78, 5) is 23.9. The van der Waals surface area contributed by atoms with Crippen molar-refractivity contribution in [3.05, 3.63) is 0 Å². The van der Waals surface area contributed by atoms with Gasteiger partial charge in [0.05, 0.1) is 0 Å². The van der Waals surface area contributed by atoms with Crippen LogP contribution in [0.5, 0.6) is 0 Å². The number of Topliss-reactive ketones (excluding diaryl/α,β-unsaturated/α-hetero) is 1. The fourth-order valence-corrected chi connectivity index (χ4v) is 1.81. The molecule has 1 amide bonds. The second-order valence-corrected chi connectivity index (χ2v) is 3.75. The fourth-order valence-electron chi connectivity index (χ4n) is 1.81. The number of nitrogens with zero attached hydrogens (tertiary/aromatic N) is 1. The van der Waals surface area contributed by atoms with Crippen molar-refractivity contribution in [2.75, 3.05) is 6.54 Å². The molecule has 0 aromatic carbocycles. The van der Waals surface area contributed by atoms with Gasteiger partial charge >= 0.3 is 0 Å². The molecule has 0 radical (unpaired) electrons. The summed E-state index contributed by atoms with van der Waals surface area (Å²) in [6.07, 6.45) is 2.87. The van der Waals surface area contributed by atoms with E-state index in [2.05, 4.69) is 0 Å². The molecule has 0 N–H and O–H groups in total. The topological polar surface area (TPSA) is 37.4 Å². The van der Waals surface area contributed by atoms with Crippen molar-refractivity contribution in [1.29, 1.82) is 0 Å². The zero-order valence-corrected chi connectivity index (χ0v) is 7.25. The van der Waals surface area contributed by atoms with E-state index >= 15 is 0 Å². The fraction of sp³-hybridized carbons (Fsp3) is 0.778. The highest BCUT2D eigenvalue weighted by atomic mass is 16.2.